The summed E-state index contributed by atoms with van der Waals surface area (Å²) in [5, 5.41) is 0. The number of rotatable bonds is 6. The van der Waals surface area contributed by atoms with Gasteiger partial charge in [-0.3, -0.25) is 4.79 Å². The zero-order valence-electron chi connectivity index (χ0n) is 13.6. The van der Waals surface area contributed by atoms with Gasteiger partial charge in [0.2, 0.25) is 0 Å². The van der Waals surface area contributed by atoms with Crippen molar-refractivity contribution in [3.05, 3.63) is 60.7 Å². The van der Waals surface area contributed by atoms with E-state index >= 15 is 0 Å². The number of para-hydroxylation sites is 2. The largest absolute Gasteiger partial charge is 0.460 e. The van der Waals surface area contributed by atoms with E-state index in [0.29, 0.717) is 11.5 Å². The monoisotopic (exact) mass is 332 g/mol. The SMILES string of the molecule is CC(C)(C)OC(=O)CP(Oc1ccccc1)Oc1ccccc1. The second-order valence-corrected chi connectivity index (χ2v) is 7.23. The molecule has 0 aliphatic heterocycles. The maximum atomic E-state index is 12.1. The summed E-state index contributed by atoms with van der Waals surface area (Å²) in [7, 11) is -1.48. The van der Waals surface area contributed by atoms with E-state index in [9.17, 15) is 4.79 Å². The predicted molar refractivity (Wildman–Crippen MR) is 91.8 cm³/mol. The van der Waals surface area contributed by atoms with Crippen molar-refractivity contribution in [1.29, 1.82) is 0 Å². The minimum Gasteiger partial charge on any atom is -0.460 e. The number of ether oxygens (including phenoxy) is 1. The highest BCUT2D eigenvalue weighted by atomic mass is 31.2. The number of esters is 1. The van der Waals surface area contributed by atoms with Crippen molar-refractivity contribution >= 4 is 14.3 Å². The molecular weight excluding hydrogens is 311 g/mol. The zero-order chi connectivity index (χ0) is 16.7. The zero-order valence-corrected chi connectivity index (χ0v) is 14.5. The number of hydrogen-bond donors (Lipinski definition) is 0. The third-order valence-corrected chi connectivity index (χ3v) is 3.92. The highest BCUT2D eigenvalue weighted by Crippen LogP contribution is 2.40. The van der Waals surface area contributed by atoms with E-state index < -0.39 is 14.0 Å². The van der Waals surface area contributed by atoms with Gasteiger partial charge in [0.15, 0.2) is 0 Å². The summed E-state index contributed by atoms with van der Waals surface area (Å²) in [4.78, 5) is 12.1. The Balaban J connectivity index is 2.06. The molecular formula is C18H21O4P. The first-order chi connectivity index (χ1) is 10.9. The van der Waals surface area contributed by atoms with E-state index in [1.807, 2.05) is 81.4 Å². The van der Waals surface area contributed by atoms with Crippen LogP contribution in [0.3, 0.4) is 0 Å². The van der Waals surface area contributed by atoms with Gasteiger partial charge in [0.1, 0.15) is 23.3 Å². The molecule has 0 radical (unpaired) electrons. The van der Waals surface area contributed by atoms with Crippen LogP contribution in [0.4, 0.5) is 0 Å². The average molecular weight is 332 g/mol. The lowest BCUT2D eigenvalue weighted by atomic mass is 10.2. The molecule has 2 aromatic rings. The number of benzene rings is 2. The molecule has 0 unspecified atom stereocenters. The predicted octanol–water partition coefficient (Wildman–Crippen LogP) is 4.80. The van der Waals surface area contributed by atoms with Gasteiger partial charge in [-0.25, -0.2) is 0 Å². The summed E-state index contributed by atoms with van der Waals surface area (Å²) in [6, 6.07) is 18.6. The van der Waals surface area contributed by atoms with Crippen molar-refractivity contribution in [3.63, 3.8) is 0 Å². The Hall–Kier alpha value is -2.06. The summed E-state index contributed by atoms with van der Waals surface area (Å²) in [5.41, 5.74) is -0.530. The van der Waals surface area contributed by atoms with Gasteiger partial charge in [-0.1, -0.05) is 36.4 Å². The van der Waals surface area contributed by atoms with Crippen molar-refractivity contribution < 1.29 is 18.6 Å². The van der Waals surface area contributed by atoms with Crippen molar-refractivity contribution in [2.75, 3.05) is 6.16 Å². The van der Waals surface area contributed by atoms with Gasteiger partial charge < -0.3 is 13.8 Å². The summed E-state index contributed by atoms with van der Waals surface area (Å²) in [6.07, 6.45) is 0.0659. The Morgan fingerprint density at radius 3 is 1.70 bits per heavy atom. The maximum absolute atomic E-state index is 12.1. The molecule has 122 valence electrons. The molecule has 2 aromatic carbocycles. The summed E-state index contributed by atoms with van der Waals surface area (Å²) >= 11 is 0. The molecule has 5 heteroatoms. The van der Waals surface area contributed by atoms with Crippen LogP contribution in [-0.4, -0.2) is 17.7 Å². The van der Waals surface area contributed by atoms with E-state index in [1.54, 1.807) is 0 Å². The molecule has 23 heavy (non-hydrogen) atoms. The van der Waals surface area contributed by atoms with Gasteiger partial charge >= 0.3 is 14.3 Å². The third-order valence-electron chi connectivity index (χ3n) is 2.58. The van der Waals surface area contributed by atoms with E-state index in [2.05, 4.69) is 0 Å². The minimum absolute atomic E-state index is 0.0659. The lowest BCUT2D eigenvalue weighted by molar-refractivity contribution is -0.151. The van der Waals surface area contributed by atoms with Crippen LogP contribution >= 0.6 is 8.38 Å². The number of hydrogen-bond acceptors (Lipinski definition) is 4. The van der Waals surface area contributed by atoms with E-state index in [0.717, 1.165) is 0 Å². The lowest BCUT2D eigenvalue weighted by Crippen LogP contribution is -2.26. The highest BCUT2D eigenvalue weighted by Gasteiger charge is 2.24. The molecule has 0 atom stereocenters. The second kappa shape index (κ2) is 7.98. The van der Waals surface area contributed by atoms with Crippen LogP contribution < -0.4 is 9.05 Å². The quantitative estimate of drug-likeness (QED) is 0.563. The molecule has 4 nitrogen and oxygen atoms in total. The molecule has 0 heterocycles. The molecule has 0 aliphatic carbocycles. The third kappa shape index (κ3) is 6.70. The number of carbonyl (C=O) groups is 1. The summed E-state index contributed by atoms with van der Waals surface area (Å²) in [6.45, 7) is 5.51. The topological polar surface area (TPSA) is 44.8 Å². The first kappa shape index (κ1) is 17.3. The first-order valence-electron chi connectivity index (χ1n) is 7.38. The van der Waals surface area contributed by atoms with Crippen LogP contribution in [0.2, 0.25) is 0 Å². The minimum atomic E-state index is -1.48. The Labute approximate surface area is 138 Å². The van der Waals surface area contributed by atoms with E-state index in [-0.39, 0.29) is 12.1 Å². The van der Waals surface area contributed by atoms with Crippen molar-refractivity contribution in [2.24, 2.45) is 0 Å². The Morgan fingerprint density at radius 2 is 1.30 bits per heavy atom. The van der Waals surface area contributed by atoms with Gasteiger partial charge in [-0.05, 0) is 45.0 Å². The molecule has 0 N–H and O–H groups in total. The van der Waals surface area contributed by atoms with Gasteiger partial charge in [-0.15, -0.1) is 0 Å². The molecule has 0 saturated carbocycles. The normalized spacial score (nSPS) is 11.1. The molecule has 0 aliphatic rings. The maximum Gasteiger partial charge on any atom is 0.317 e. The first-order valence-corrected chi connectivity index (χ1v) is 8.74. The highest BCUT2D eigenvalue weighted by molar-refractivity contribution is 7.49. The van der Waals surface area contributed by atoms with Crippen LogP contribution in [0.1, 0.15) is 20.8 Å². The number of carbonyl (C=O) groups excluding carboxylic acids is 1. The fourth-order valence-corrected chi connectivity index (χ4v) is 2.92. The summed E-state index contributed by atoms with van der Waals surface area (Å²) in [5.74, 6) is 0.992. The molecule has 2 rings (SSSR count). The van der Waals surface area contributed by atoms with Crippen LogP contribution in [0.5, 0.6) is 11.5 Å². The van der Waals surface area contributed by atoms with Crippen molar-refractivity contribution in [1.82, 2.24) is 0 Å². The Morgan fingerprint density at radius 1 is 0.870 bits per heavy atom. The van der Waals surface area contributed by atoms with Gasteiger partial charge in [0.25, 0.3) is 0 Å². The van der Waals surface area contributed by atoms with Crippen molar-refractivity contribution in [3.8, 4) is 11.5 Å². The van der Waals surface area contributed by atoms with Crippen LogP contribution in [0, 0.1) is 0 Å². The average Bonchev–Trinajstić information content (AvgIpc) is 2.47. The Bertz CT molecular complexity index is 566. The lowest BCUT2D eigenvalue weighted by Gasteiger charge is -2.22. The smallest absolute Gasteiger partial charge is 0.317 e. The van der Waals surface area contributed by atoms with Gasteiger partial charge in [-0.2, -0.15) is 0 Å². The summed E-state index contributed by atoms with van der Waals surface area (Å²) < 4.78 is 17.1. The molecule has 0 fully saturated rings. The Kier molecular flexibility index (Phi) is 6.00. The molecule has 0 amide bonds. The van der Waals surface area contributed by atoms with Crippen LogP contribution in [0.25, 0.3) is 0 Å². The molecule has 0 bridgehead atoms. The van der Waals surface area contributed by atoms with Gasteiger partial charge in [0.05, 0.1) is 0 Å². The van der Waals surface area contributed by atoms with E-state index in [4.69, 9.17) is 13.8 Å². The molecule has 0 spiro atoms. The fraction of sp³-hybridized carbons (Fsp3) is 0.278. The van der Waals surface area contributed by atoms with Crippen LogP contribution in [-0.2, 0) is 9.53 Å². The van der Waals surface area contributed by atoms with Crippen LogP contribution in [0.15, 0.2) is 60.7 Å². The molecule has 0 aromatic heterocycles. The molecule has 0 saturated heterocycles. The van der Waals surface area contributed by atoms with E-state index in [1.165, 1.54) is 0 Å². The van der Waals surface area contributed by atoms with Gasteiger partial charge in [0, 0.05) is 0 Å². The standard InChI is InChI=1S/C18H21O4P/c1-18(2,3)20-17(19)14-23(21-15-10-6-4-7-11-15)22-16-12-8-5-9-13-16/h4-13H,14H2,1-3H3. The second-order valence-electron chi connectivity index (χ2n) is 5.89. The van der Waals surface area contributed by atoms with Crippen molar-refractivity contribution in [2.45, 2.75) is 26.4 Å². The fourth-order valence-electron chi connectivity index (χ4n) is 1.76.